The van der Waals surface area contributed by atoms with Crippen molar-refractivity contribution in [1.29, 1.82) is 0 Å². The van der Waals surface area contributed by atoms with Gasteiger partial charge in [-0.25, -0.2) is 0 Å². The van der Waals surface area contributed by atoms with Crippen molar-refractivity contribution < 1.29 is 14.3 Å². The Bertz CT molecular complexity index is 989. The van der Waals surface area contributed by atoms with E-state index in [1.54, 1.807) is 4.90 Å². The zero-order valence-corrected chi connectivity index (χ0v) is 16.0. The van der Waals surface area contributed by atoms with Gasteiger partial charge in [-0.1, -0.05) is 54.6 Å². The van der Waals surface area contributed by atoms with Crippen LogP contribution < -0.4 is 15.0 Å². The Morgan fingerprint density at radius 3 is 2.34 bits per heavy atom. The molecular formula is C24H22N2O3. The van der Waals surface area contributed by atoms with E-state index in [0.29, 0.717) is 24.4 Å². The number of hydrogen-bond donors (Lipinski definition) is 1. The highest BCUT2D eigenvalue weighted by Gasteiger charge is 2.24. The SMILES string of the molecule is O=C(Nc1cccc(N2CCCC2=O)c1)C(Oc1ccccc1)c1ccccc1. The van der Waals surface area contributed by atoms with Crippen LogP contribution in [0.1, 0.15) is 24.5 Å². The van der Waals surface area contributed by atoms with Gasteiger partial charge in [-0.2, -0.15) is 0 Å². The van der Waals surface area contributed by atoms with Gasteiger partial charge in [0, 0.05) is 29.9 Å². The van der Waals surface area contributed by atoms with Crippen LogP contribution in [0.5, 0.6) is 5.75 Å². The number of anilines is 2. The predicted molar refractivity (Wildman–Crippen MR) is 113 cm³/mol. The third-order valence-electron chi connectivity index (χ3n) is 4.84. The van der Waals surface area contributed by atoms with Gasteiger partial charge in [0.25, 0.3) is 5.91 Å². The van der Waals surface area contributed by atoms with Crippen molar-refractivity contribution in [2.45, 2.75) is 18.9 Å². The normalized spacial score (nSPS) is 14.5. The molecule has 0 aliphatic carbocycles. The van der Waals surface area contributed by atoms with Gasteiger partial charge in [-0.05, 0) is 36.8 Å². The number of para-hydroxylation sites is 1. The van der Waals surface area contributed by atoms with Crippen molar-refractivity contribution in [2.75, 3.05) is 16.8 Å². The fourth-order valence-electron chi connectivity index (χ4n) is 3.42. The van der Waals surface area contributed by atoms with Crippen LogP contribution in [0.2, 0.25) is 0 Å². The second-order valence-electron chi connectivity index (χ2n) is 6.91. The van der Waals surface area contributed by atoms with Crippen LogP contribution in [0.25, 0.3) is 0 Å². The Morgan fingerprint density at radius 1 is 0.931 bits per heavy atom. The Hall–Kier alpha value is -3.60. The first kappa shape index (κ1) is 18.7. The Morgan fingerprint density at radius 2 is 1.66 bits per heavy atom. The molecule has 0 saturated carbocycles. The lowest BCUT2D eigenvalue weighted by Crippen LogP contribution is -2.26. The highest BCUT2D eigenvalue weighted by atomic mass is 16.5. The number of amides is 2. The molecule has 4 rings (SSSR count). The number of rotatable bonds is 6. The minimum absolute atomic E-state index is 0.114. The van der Waals surface area contributed by atoms with E-state index < -0.39 is 6.10 Å². The molecule has 1 fully saturated rings. The molecule has 146 valence electrons. The smallest absolute Gasteiger partial charge is 0.270 e. The minimum Gasteiger partial charge on any atom is -0.476 e. The van der Waals surface area contributed by atoms with E-state index in [1.807, 2.05) is 84.9 Å². The van der Waals surface area contributed by atoms with Crippen LogP contribution in [-0.4, -0.2) is 18.4 Å². The van der Waals surface area contributed by atoms with Crippen molar-refractivity contribution in [3.05, 3.63) is 90.5 Å². The van der Waals surface area contributed by atoms with Crippen LogP contribution in [0, 0.1) is 0 Å². The lowest BCUT2D eigenvalue weighted by Gasteiger charge is -2.20. The van der Waals surface area contributed by atoms with Gasteiger partial charge in [0.2, 0.25) is 12.0 Å². The van der Waals surface area contributed by atoms with E-state index in [-0.39, 0.29) is 11.8 Å². The highest BCUT2D eigenvalue weighted by Crippen LogP contribution is 2.27. The molecule has 0 bridgehead atoms. The van der Waals surface area contributed by atoms with Crippen LogP contribution >= 0.6 is 0 Å². The first-order chi connectivity index (χ1) is 14.2. The quantitative estimate of drug-likeness (QED) is 0.675. The van der Waals surface area contributed by atoms with Crippen molar-refractivity contribution in [2.24, 2.45) is 0 Å². The summed E-state index contributed by atoms with van der Waals surface area (Å²) in [4.78, 5) is 26.9. The lowest BCUT2D eigenvalue weighted by molar-refractivity contribution is -0.123. The summed E-state index contributed by atoms with van der Waals surface area (Å²) in [5, 5.41) is 2.94. The first-order valence-corrected chi connectivity index (χ1v) is 9.69. The first-order valence-electron chi connectivity index (χ1n) is 9.69. The Labute approximate surface area is 169 Å². The predicted octanol–water partition coefficient (Wildman–Crippen LogP) is 4.57. The van der Waals surface area contributed by atoms with E-state index in [1.165, 1.54) is 0 Å². The number of carbonyl (C=O) groups is 2. The van der Waals surface area contributed by atoms with Gasteiger partial charge in [-0.15, -0.1) is 0 Å². The van der Waals surface area contributed by atoms with Gasteiger partial charge in [0.15, 0.2) is 0 Å². The molecule has 5 heteroatoms. The fraction of sp³-hybridized carbons (Fsp3) is 0.167. The Balaban J connectivity index is 1.56. The molecule has 1 heterocycles. The van der Waals surface area contributed by atoms with Gasteiger partial charge >= 0.3 is 0 Å². The highest BCUT2D eigenvalue weighted by molar-refractivity contribution is 5.98. The molecule has 0 aromatic heterocycles. The van der Waals surface area contributed by atoms with E-state index in [0.717, 1.165) is 17.7 Å². The number of nitrogens with zero attached hydrogens (tertiary/aromatic N) is 1. The second kappa shape index (κ2) is 8.61. The van der Waals surface area contributed by atoms with E-state index in [9.17, 15) is 9.59 Å². The molecule has 2 amide bonds. The molecule has 3 aromatic carbocycles. The van der Waals surface area contributed by atoms with Gasteiger partial charge in [-0.3, -0.25) is 9.59 Å². The van der Waals surface area contributed by atoms with Crippen molar-refractivity contribution in [1.82, 2.24) is 0 Å². The average molecular weight is 386 g/mol. The zero-order valence-electron chi connectivity index (χ0n) is 16.0. The summed E-state index contributed by atoms with van der Waals surface area (Å²) in [5.74, 6) is 0.459. The topological polar surface area (TPSA) is 58.6 Å². The molecule has 1 N–H and O–H groups in total. The second-order valence-corrected chi connectivity index (χ2v) is 6.91. The maximum absolute atomic E-state index is 13.1. The van der Waals surface area contributed by atoms with Crippen LogP contribution in [0.15, 0.2) is 84.9 Å². The van der Waals surface area contributed by atoms with Gasteiger partial charge in [0.05, 0.1) is 0 Å². The van der Waals surface area contributed by atoms with Crippen molar-refractivity contribution in [3.63, 3.8) is 0 Å². The van der Waals surface area contributed by atoms with Crippen LogP contribution in [0.4, 0.5) is 11.4 Å². The standard InChI is InChI=1S/C24H22N2O3/c27-22-15-8-16-26(22)20-12-7-11-19(17-20)25-24(28)23(18-9-3-1-4-10-18)29-21-13-5-2-6-14-21/h1-7,9-14,17,23H,8,15-16H2,(H,25,28). The molecule has 1 unspecified atom stereocenters. The summed E-state index contributed by atoms with van der Waals surface area (Å²) >= 11 is 0. The molecule has 0 radical (unpaired) electrons. The monoisotopic (exact) mass is 386 g/mol. The van der Waals surface area contributed by atoms with E-state index in [2.05, 4.69) is 5.32 Å². The average Bonchev–Trinajstić information content (AvgIpc) is 3.19. The summed E-state index contributed by atoms with van der Waals surface area (Å²) in [5.41, 5.74) is 2.19. The molecule has 1 atom stereocenters. The summed E-state index contributed by atoms with van der Waals surface area (Å²) < 4.78 is 6.01. The lowest BCUT2D eigenvalue weighted by atomic mass is 10.1. The fourth-order valence-corrected chi connectivity index (χ4v) is 3.42. The number of benzene rings is 3. The zero-order chi connectivity index (χ0) is 20.1. The summed E-state index contributed by atoms with van der Waals surface area (Å²) in [7, 11) is 0. The van der Waals surface area contributed by atoms with Crippen molar-refractivity contribution >= 4 is 23.2 Å². The molecule has 0 spiro atoms. The summed E-state index contributed by atoms with van der Waals surface area (Å²) in [6, 6.07) is 26.0. The largest absolute Gasteiger partial charge is 0.476 e. The maximum atomic E-state index is 13.1. The van der Waals surface area contributed by atoms with Crippen molar-refractivity contribution in [3.8, 4) is 5.75 Å². The number of hydrogen-bond acceptors (Lipinski definition) is 3. The number of nitrogens with one attached hydrogen (secondary N) is 1. The molecule has 1 saturated heterocycles. The van der Waals surface area contributed by atoms with Crippen LogP contribution in [0.3, 0.4) is 0 Å². The van der Waals surface area contributed by atoms with Crippen LogP contribution in [-0.2, 0) is 9.59 Å². The van der Waals surface area contributed by atoms with Gasteiger partial charge in [0.1, 0.15) is 5.75 Å². The van der Waals surface area contributed by atoms with E-state index in [4.69, 9.17) is 4.74 Å². The number of carbonyl (C=O) groups excluding carboxylic acids is 2. The maximum Gasteiger partial charge on any atom is 0.270 e. The third kappa shape index (κ3) is 4.46. The molecule has 3 aromatic rings. The third-order valence-corrected chi connectivity index (χ3v) is 4.84. The summed E-state index contributed by atoms with van der Waals surface area (Å²) in [6.45, 7) is 0.708. The minimum atomic E-state index is -0.796. The Kier molecular flexibility index (Phi) is 5.56. The van der Waals surface area contributed by atoms with Gasteiger partial charge < -0.3 is 15.0 Å². The molecule has 1 aliphatic rings. The molecule has 29 heavy (non-hydrogen) atoms. The molecule has 1 aliphatic heterocycles. The van der Waals surface area contributed by atoms with E-state index >= 15 is 0 Å². The molecule has 5 nitrogen and oxygen atoms in total. The molecular weight excluding hydrogens is 364 g/mol. The summed E-state index contributed by atoms with van der Waals surface area (Å²) in [6.07, 6.45) is 0.629. The number of ether oxygens (including phenoxy) is 1.